The van der Waals surface area contributed by atoms with Gasteiger partial charge in [0.25, 0.3) is 0 Å². The summed E-state index contributed by atoms with van der Waals surface area (Å²) in [5.41, 5.74) is 6.21. The van der Waals surface area contributed by atoms with E-state index in [-0.39, 0.29) is 12.0 Å². The maximum absolute atomic E-state index is 6.21. The summed E-state index contributed by atoms with van der Waals surface area (Å²) in [4.78, 5) is 4.58. The van der Waals surface area contributed by atoms with Gasteiger partial charge in [-0.25, -0.2) is 0 Å². The Kier molecular flexibility index (Phi) is 2.90. The molecule has 2 fully saturated rings. The minimum absolute atomic E-state index is 0.197. The topological polar surface area (TPSA) is 64.9 Å². The molecule has 0 aliphatic heterocycles. The van der Waals surface area contributed by atoms with Gasteiger partial charge >= 0.3 is 0 Å². The molecule has 0 radical (unpaired) electrons. The highest BCUT2D eigenvalue weighted by molar-refractivity contribution is 5.09. The van der Waals surface area contributed by atoms with Crippen LogP contribution in [-0.2, 0) is 0 Å². The lowest BCUT2D eigenvalue weighted by molar-refractivity contribution is 0.323. The van der Waals surface area contributed by atoms with Gasteiger partial charge in [-0.2, -0.15) is 4.98 Å². The van der Waals surface area contributed by atoms with Gasteiger partial charge in [0.1, 0.15) is 0 Å². The van der Waals surface area contributed by atoms with Crippen LogP contribution in [0.4, 0.5) is 0 Å². The van der Waals surface area contributed by atoms with E-state index in [4.69, 9.17) is 10.3 Å². The number of hydrogen-bond donors (Lipinski definition) is 1. The van der Waals surface area contributed by atoms with Crippen LogP contribution in [0.15, 0.2) is 4.52 Å². The van der Waals surface area contributed by atoms with Crippen molar-refractivity contribution in [2.75, 3.05) is 0 Å². The molecule has 0 spiro atoms. The smallest absolute Gasteiger partial charge is 0.231 e. The summed E-state index contributed by atoms with van der Waals surface area (Å²) in [6.07, 6.45) is 7.14. The summed E-state index contributed by atoms with van der Waals surface area (Å²) in [6.45, 7) is 2.23. The lowest BCUT2D eigenvalue weighted by Crippen LogP contribution is -2.27. The van der Waals surface area contributed by atoms with Crippen molar-refractivity contribution >= 4 is 0 Å². The van der Waals surface area contributed by atoms with Crippen molar-refractivity contribution in [3.05, 3.63) is 11.7 Å². The molecular weight excluding hydrogens is 214 g/mol. The average Bonchev–Trinajstić information content (AvgIpc) is 2.92. The van der Waals surface area contributed by atoms with Gasteiger partial charge in [0, 0.05) is 12.0 Å². The molecule has 2 aliphatic carbocycles. The van der Waals surface area contributed by atoms with E-state index in [1.165, 1.54) is 25.7 Å². The molecule has 4 atom stereocenters. The van der Waals surface area contributed by atoms with Crippen molar-refractivity contribution in [1.29, 1.82) is 0 Å². The normalized spacial score (nSPS) is 37.8. The second-order valence-electron chi connectivity index (χ2n) is 5.72. The monoisotopic (exact) mass is 235 g/mol. The second kappa shape index (κ2) is 4.41. The van der Waals surface area contributed by atoms with E-state index in [1.807, 2.05) is 0 Å². The fourth-order valence-corrected chi connectivity index (χ4v) is 2.87. The third-order valence-corrected chi connectivity index (χ3v) is 4.29. The standard InChI is InChI=1S/C13H21N3O/c1-8-7-10(8)12-15-13(17-16-12)9-5-3-2-4-6-11(9)14/h8-11H,2-7,14H2,1H3. The van der Waals surface area contributed by atoms with Crippen molar-refractivity contribution in [3.63, 3.8) is 0 Å². The first-order chi connectivity index (χ1) is 8.25. The van der Waals surface area contributed by atoms with Crippen molar-refractivity contribution < 1.29 is 4.52 Å². The Bertz CT molecular complexity index is 390. The highest BCUT2D eigenvalue weighted by Gasteiger charge is 2.39. The zero-order valence-corrected chi connectivity index (χ0v) is 10.4. The van der Waals surface area contributed by atoms with Gasteiger partial charge in [0.05, 0.1) is 5.92 Å². The van der Waals surface area contributed by atoms with E-state index in [9.17, 15) is 0 Å². The summed E-state index contributed by atoms with van der Waals surface area (Å²) >= 11 is 0. The predicted octanol–water partition coefficient (Wildman–Crippen LogP) is 2.57. The fourth-order valence-electron chi connectivity index (χ4n) is 2.87. The van der Waals surface area contributed by atoms with Crippen molar-refractivity contribution in [2.24, 2.45) is 11.7 Å². The second-order valence-corrected chi connectivity index (χ2v) is 5.72. The van der Waals surface area contributed by atoms with E-state index in [0.717, 1.165) is 30.5 Å². The molecule has 17 heavy (non-hydrogen) atoms. The molecule has 2 aliphatic rings. The van der Waals surface area contributed by atoms with Crippen LogP contribution in [0.1, 0.15) is 69.0 Å². The molecule has 0 bridgehead atoms. The summed E-state index contributed by atoms with van der Waals surface area (Å²) < 4.78 is 5.44. The minimum atomic E-state index is 0.197. The lowest BCUT2D eigenvalue weighted by atomic mass is 9.95. The zero-order valence-electron chi connectivity index (χ0n) is 10.4. The number of hydrogen-bond acceptors (Lipinski definition) is 4. The maximum atomic E-state index is 6.21. The molecule has 2 N–H and O–H groups in total. The number of rotatable bonds is 2. The quantitative estimate of drug-likeness (QED) is 0.800. The van der Waals surface area contributed by atoms with Gasteiger partial charge in [-0.05, 0) is 25.2 Å². The molecule has 0 saturated heterocycles. The fraction of sp³-hybridized carbons (Fsp3) is 0.846. The first-order valence-corrected chi connectivity index (χ1v) is 6.85. The molecule has 2 saturated carbocycles. The van der Waals surface area contributed by atoms with E-state index in [1.54, 1.807) is 0 Å². The molecule has 4 nitrogen and oxygen atoms in total. The van der Waals surface area contributed by atoms with E-state index < -0.39 is 0 Å². The van der Waals surface area contributed by atoms with Gasteiger partial charge < -0.3 is 10.3 Å². The predicted molar refractivity (Wildman–Crippen MR) is 64.6 cm³/mol. The first kappa shape index (κ1) is 11.2. The molecule has 1 aromatic heterocycles. The van der Waals surface area contributed by atoms with Crippen molar-refractivity contribution in [1.82, 2.24) is 10.1 Å². The Balaban J connectivity index is 1.75. The third-order valence-electron chi connectivity index (χ3n) is 4.29. The zero-order chi connectivity index (χ0) is 11.8. The Morgan fingerprint density at radius 2 is 1.94 bits per heavy atom. The largest absolute Gasteiger partial charge is 0.339 e. The van der Waals surface area contributed by atoms with Crippen molar-refractivity contribution in [2.45, 2.75) is 63.3 Å². The van der Waals surface area contributed by atoms with Crippen LogP contribution in [0.3, 0.4) is 0 Å². The summed E-state index contributed by atoms with van der Waals surface area (Å²) in [5, 5.41) is 4.13. The van der Waals surface area contributed by atoms with Crippen LogP contribution in [0, 0.1) is 5.92 Å². The van der Waals surface area contributed by atoms with E-state index in [0.29, 0.717) is 5.92 Å². The van der Waals surface area contributed by atoms with Gasteiger partial charge in [-0.15, -0.1) is 0 Å². The number of nitrogens with two attached hydrogens (primary N) is 1. The summed E-state index contributed by atoms with van der Waals surface area (Å²) in [7, 11) is 0. The Morgan fingerprint density at radius 1 is 1.18 bits per heavy atom. The molecule has 4 unspecified atom stereocenters. The Labute approximate surface area is 102 Å². The third kappa shape index (κ3) is 2.23. The van der Waals surface area contributed by atoms with Crippen LogP contribution < -0.4 is 5.73 Å². The van der Waals surface area contributed by atoms with Crippen LogP contribution in [0.25, 0.3) is 0 Å². The highest BCUT2D eigenvalue weighted by Crippen LogP contribution is 2.45. The van der Waals surface area contributed by atoms with Crippen LogP contribution in [0.2, 0.25) is 0 Å². The molecule has 94 valence electrons. The molecule has 4 heteroatoms. The van der Waals surface area contributed by atoms with Gasteiger partial charge in [0.2, 0.25) is 5.89 Å². The molecule has 1 aromatic rings. The first-order valence-electron chi connectivity index (χ1n) is 6.85. The summed E-state index contributed by atoms with van der Waals surface area (Å²) in [6, 6.07) is 0.197. The van der Waals surface area contributed by atoms with Gasteiger partial charge in [0.15, 0.2) is 5.82 Å². The molecule has 0 aromatic carbocycles. The lowest BCUT2D eigenvalue weighted by Gasteiger charge is -2.16. The Morgan fingerprint density at radius 3 is 2.71 bits per heavy atom. The Hall–Kier alpha value is -0.900. The minimum Gasteiger partial charge on any atom is -0.339 e. The molecule has 3 rings (SSSR count). The molecule has 1 heterocycles. The average molecular weight is 235 g/mol. The van der Waals surface area contributed by atoms with Crippen LogP contribution in [0.5, 0.6) is 0 Å². The highest BCUT2D eigenvalue weighted by atomic mass is 16.5. The van der Waals surface area contributed by atoms with E-state index in [2.05, 4.69) is 17.1 Å². The number of nitrogens with zero attached hydrogens (tertiary/aromatic N) is 2. The van der Waals surface area contributed by atoms with Gasteiger partial charge in [-0.1, -0.05) is 31.3 Å². The van der Waals surface area contributed by atoms with Crippen LogP contribution >= 0.6 is 0 Å². The molecule has 0 amide bonds. The SMILES string of the molecule is CC1CC1c1noc(C2CCCCCC2N)n1. The van der Waals surface area contributed by atoms with E-state index >= 15 is 0 Å². The summed E-state index contributed by atoms with van der Waals surface area (Å²) in [5.74, 6) is 3.24. The maximum Gasteiger partial charge on any atom is 0.231 e. The van der Waals surface area contributed by atoms with Crippen LogP contribution in [-0.4, -0.2) is 16.2 Å². The van der Waals surface area contributed by atoms with Crippen molar-refractivity contribution in [3.8, 4) is 0 Å². The van der Waals surface area contributed by atoms with Gasteiger partial charge in [-0.3, -0.25) is 0 Å². The number of aromatic nitrogens is 2. The molecular formula is C13H21N3O.